The van der Waals surface area contributed by atoms with Crippen LogP contribution in [0, 0.1) is 5.92 Å². The van der Waals surface area contributed by atoms with Crippen molar-refractivity contribution in [3.63, 3.8) is 0 Å². The molecule has 0 aromatic heterocycles. The SMILES string of the molecule is CC(C(=O)O)C(C)(N)C(=O)c1ccccc1. The molecule has 0 bridgehead atoms. The number of ketones is 1. The predicted molar refractivity (Wildman–Crippen MR) is 60.2 cm³/mol. The maximum Gasteiger partial charge on any atom is 0.308 e. The van der Waals surface area contributed by atoms with Gasteiger partial charge in [0.05, 0.1) is 11.5 Å². The lowest BCUT2D eigenvalue weighted by molar-refractivity contribution is -0.142. The highest BCUT2D eigenvalue weighted by Gasteiger charge is 2.39. The van der Waals surface area contributed by atoms with Gasteiger partial charge in [0, 0.05) is 5.56 Å². The van der Waals surface area contributed by atoms with Crippen molar-refractivity contribution >= 4 is 11.8 Å². The van der Waals surface area contributed by atoms with Crippen molar-refractivity contribution in [1.29, 1.82) is 0 Å². The minimum absolute atomic E-state index is 0.358. The predicted octanol–water partition coefficient (Wildman–Crippen LogP) is 1.31. The Hall–Kier alpha value is -1.68. The smallest absolute Gasteiger partial charge is 0.308 e. The Morgan fingerprint density at radius 3 is 2.25 bits per heavy atom. The van der Waals surface area contributed by atoms with Gasteiger partial charge in [-0.1, -0.05) is 30.3 Å². The quantitative estimate of drug-likeness (QED) is 0.751. The van der Waals surface area contributed by atoms with E-state index in [4.69, 9.17) is 10.8 Å². The second kappa shape index (κ2) is 4.45. The van der Waals surface area contributed by atoms with Gasteiger partial charge in [0.1, 0.15) is 0 Å². The van der Waals surface area contributed by atoms with Gasteiger partial charge in [0.25, 0.3) is 0 Å². The summed E-state index contributed by atoms with van der Waals surface area (Å²) in [6.45, 7) is 2.88. The van der Waals surface area contributed by atoms with Gasteiger partial charge in [-0.15, -0.1) is 0 Å². The Bertz CT molecular complexity index is 398. The number of carbonyl (C=O) groups is 2. The first kappa shape index (κ1) is 12.4. The van der Waals surface area contributed by atoms with Crippen LogP contribution in [0.4, 0.5) is 0 Å². The summed E-state index contributed by atoms with van der Waals surface area (Å²) in [5, 5.41) is 8.88. The maximum absolute atomic E-state index is 12.0. The van der Waals surface area contributed by atoms with Gasteiger partial charge < -0.3 is 10.8 Å². The minimum atomic E-state index is -1.40. The van der Waals surface area contributed by atoms with Crippen LogP contribution < -0.4 is 5.73 Å². The molecule has 1 aromatic rings. The van der Waals surface area contributed by atoms with Crippen LogP contribution in [0.25, 0.3) is 0 Å². The summed E-state index contributed by atoms with van der Waals surface area (Å²) in [5.74, 6) is -2.36. The van der Waals surface area contributed by atoms with Gasteiger partial charge in [-0.25, -0.2) is 0 Å². The van der Waals surface area contributed by atoms with E-state index in [1.54, 1.807) is 30.3 Å². The molecule has 3 N–H and O–H groups in total. The number of Topliss-reactive ketones (excluding diaryl/α,β-unsaturated/α-hetero) is 1. The second-order valence-corrected chi connectivity index (χ2v) is 4.04. The van der Waals surface area contributed by atoms with E-state index in [2.05, 4.69) is 0 Å². The lowest BCUT2D eigenvalue weighted by Crippen LogP contribution is -2.53. The number of carbonyl (C=O) groups excluding carboxylic acids is 1. The van der Waals surface area contributed by atoms with Crippen molar-refractivity contribution in [2.75, 3.05) is 0 Å². The number of hydrogen-bond donors (Lipinski definition) is 2. The molecule has 0 saturated heterocycles. The molecule has 1 rings (SSSR count). The minimum Gasteiger partial charge on any atom is -0.481 e. The van der Waals surface area contributed by atoms with Crippen molar-refractivity contribution in [3.05, 3.63) is 35.9 Å². The normalized spacial score (nSPS) is 16.2. The molecule has 0 spiro atoms. The van der Waals surface area contributed by atoms with Crippen LogP contribution in [0.3, 0.4) is 0 Å². The van der Waals surface area contributed by atoms with E-state index < -0.39 is 17.4 Å². The van der Waals surface area contributed by atoms with Crippen molar-refractivity contribution in [3.8, 4) is 0 Å². The summed E-state index contributed by atoms with van der Waals surface area (Å²) in [6, 6.07) is 8.47. The van der Waals surface area contributed by atoms with Crippen molar-refractivity contribution < 1.29 is 14.7 Å². The summed E-state index contributed by atoms with van der Waals surface area (Å²) in [7, 11) is 0. The summed E-state index contributed by atoms with van der Waals surface area (Å²) in [4.78, 5) is 22.9. The van der Waals surface area contributed by atoms with E-state index in [9.17, 15) is 9.59 Å². The summed E-state index contributed by atoms with van der Waals surface area (Å²) in [6.07, 6.45) is 0. The highest BCUT2D eigenvalue weighted by molar-refractivity contribution is 6.05. The van der Waals surface area contributed by atoms with E-state index in [1.165, 1.54) is 13.8 Å². The van der Waals surface area contributed by atoms with Gasteiger partial charge in [-0.2, -0.15) is 0 Å². The van der Waals surface area contributed by atoms with E-state index in [0.29, 0.717) is 5.56 Å². The van der Waals surface area contributed by atoms with Crippen molar-refractivity contribution in [1.82, 2.24) is 0 Å². The molecule has 4 nitrogen and oxygen atoms in total. The molecule has 0 aliphatic carbocycles. The summed E-state index contributed by atoms with van der Waals surface area (Å²) >= 11 is 0. The molecule has 2 unspecified atom stereocenters. The Kier molecular flexibility index (Phi) is 3.44. The van der Waals surface area contributed by atoms with Crippen LogP contribution in [0.5, 0.6) is 0 Å². The number of hydrogen-bond acceptors (Lipinski definition) is 3. The first-order chi connectivity index (χ1) is 7.37. The van der Waals surface area contributed by atoms with E-state index in [-0.39, 0.29) is 5.78 Å². The van der Waals surface area contributed by atoms with E-state index >= 15 is 0 Å². The van der Waals surface area contributed by atoms with Gasteiger partial charge in [-0.3, -0.25) is 9.59 Å². The highest BCUT2D eigenvalue weighted by Crippen LogP contribution is 2.19. The molecule has 86 valence electrons. The van der Waals surface area contributed by atoms with Gasteiger partial charge in [0.15, 0.2) is 5.78 Å². The molecule has 16 heavy (non-hydrogen) atoms. The van der Waals surface area contributed by atoms with Crippen LogP contribution >= 0.6 is 0 Å². The Balaban J connectivity index is 3.01. The summed E-state index contributed by atoms with van der Waals surface area (Å²) in [5.41, 5.74) is 4.84. The first-order valence-corrected chi connectivity index (χ1v) is 4.99. The topological polar surface area (TPSA) is 80.4 Å². The number of carboxylic acid groups (broad SMARTS) is 1. The zero-order valence-electron chi connectivity index (χ0n) is 9.31. The fourth-order valence-corrected chi connectivity index (χ4v) is 1.35. The van der Waals surface area contributed by atoms with Gasteiger partial charge >= 0.3 is 5.97 Å². The standard InChI is InChI=1S/C12H15NO3/c1-8(11(15)16)12(2,13)10(14)9-6-4-3-5-7-9/h3-8H,13H2,1-2H3,(H,15,16). The third-order valence-electron chi connectivity index (χ3n) is 2.80. The van der Waals surface area contributed by atoms with Crippen molar-refractivity contribution in [2.24, 2.45) is 11.7 Å². The monoisotopic (exact) mass is 221 g/mol. The second-order valence-electron chi connectivity index (χ2n) is 4.04. The van der Waals surface area contributed by atoms with Gasteiger partial charge in [-0.05, 0) is 13.8 Å². The average Bonchev–Trinajstić information content (AvgIpc) is 2.28. The third kappa shape index (κ3) is 2.28. The van der Waals surface area contributed by atoms with Crippen LogP contribution in [0.1, 0.15) is 24.2 Å². The lowest BCUT2D eigenvalue weighted by Gasteiger charge is -2.27. The number of rotatable bonds is 4. The first-order valence-electron chi connectivity index (χ1n) is 4.99. The third-order valence-corrected chi connectivity index (χ3v) is 2.80. The van der Waals surface area contributed by atoms with Crippen LogP contribution in [-0.2, 0) is 4.79 Å². The molecule has 0 heterocycles. The zero-order valence-corrected chi connectivity index (χ0v) is 9.31. The average molecular weight is 221 g/mol. The molecular weight excluding hydrogens is 206 g/mol. The molecule has 1 aromatic carbocycles. The fourth-order valence-electron chi connectivity index (χ4n) is 1.35. The largest absolute Gasteiger partial charge is 0.481 e. The zero-order chi connectivity index (χ0) is 12.3. The van der Waals surface area contributed by atoms with E-state index in [0.717, 1.165) is 0 Å². The Labute approximate surface area is 94.1 Å². The number of benzene rings is 1. The fraction of sp³-hybridized carbons (Fsp3) is 0.333. The molecule has 0 aliphatic heterocycles. The van der Waals surface area contributed by atoms with Crippen LogP contribution in [0.15, 0.2) is 30.3 Å². The molecule has 4 heteroatoms. The van der Waals surface area contributed by atoms with E-state index in [1.807, 2.05) is 0 Å². The molecule has 0 saturated carbocycles. The molecule has 0 radical (unpaired) electrons. The van der Waals surface area contributed by atoms with Crippen molar-refractivity contribution in [2.45, 2.75) is 19.4 Å². The van der Waals surface area contributed by atoms with Crippen LogP contribution in [-0.4, -0.2) is 22.4 Å². The molecule has 0 fully saturated rings. The molecule has 0 aliphatic rings. The molecule has 0 amide bonds. The Morgan fingerprint density at radius 1 is 1.31 bits per heavy atom. The lowest BCUT2D eigenvalue weighted by atomic mass is 9.81. The molecule has 2 atom stereocenters. The van der Waals surface area contributed by atoms with Gasteiger partial charge in [0.2, 0.25) is 0 Å². The molecular formula is C12H15NO3. The summed E-state index contributed by atoms with van der Waals surface area (Å²) < 4.78 is 0. The number of nitrogens with two attached hydrogens (primary N) is 1. The number of aliphatic carboxylic acids is 1. The maximum atomic E-state index is 12.0. The highest BCUT2D eigenvalue weighted by atomic mass is 16.4. The van der Waals surface area contributed by atoms with Crippen LogP contribution in [0.2, 0.25) is 0 Å². The number of carboxylic acids is 1. The Morgan fingerprint density at radius 2 is 1.81 bits per heavy atom.